The molecule has 2 aromatic carbocycles. The number of methoxy groups -OCH3 is 1. The molecule has 0 bridgehead atoms. The molecule has 1 heterocycles. The Labute approximate surface area is 118 Å². The van der Waals surface area contributed by atoms with Gasteiger partial charge in [0.2, 0.25) is 0 Å². The molecule has 1 N–H and O–H groups in total. The molecule has 20 heavy (non-hydrogen) atoms. The van der Waals surface area contributed by atoms with E-state index in [2.05, 4.69) is 30.4 Å². The van der Waals surface area contributed by atoms with Crippen molar-refractivity contribution in [3.63, 3.8) is 0 Å². The van der Waals surface area contributed by atoms with E-state index < -0.39 is 0 Å². The summed E-state index contributed by atoms with van der Waals surface area (Å²) in [6.07, 6.45) is 1.89. The molecule has 3 rings (SSSR count). The maximum atomic E-state index is 13.5. The fourth-order valence-corrected chi connectivity index (χ4v) is 2.80. The number of hydrogen-bond acceptors (Lipinski definition) is 2. The molecule has 2 aromatic rings. The lowest BCUT2D eigenvalue weighted by Gasteiger charge is -2.15. The van der Waals surface area contributed by atoms with Crippen LogP contribution in [0, 0.1) is 5.82 Å². The van der Waals surface area contributed by atoms with Crippen molar-refractivity contribution < 1.29 is 9.13 Å². The zero-order valence-corrected chi connectivity index (χ0v) is 11.7. The molecule has 0 spiro atoms. The standard InChI is InChI=1S/C17H18FNO/c1-3-11-4-6-15-12(8-11)9-16(19-15)14-10-13(18)5-7-17(14)20-2/h4-8,10,16,19H,3,9H2,1-2H3. The predicted molar refractivity (Wildman–Crippen MR) is 78.8 cm³/mol. The van der Waals surface area contributed by atoms with Crippen molar-refractivity contribution in [1.29, 1.82) is 0 Å². The zero-order valence-electron chi connectivity index (χ0n) is 11.7. The predicted octanol–water partition coefficient (Wildman–Crippen LogP) is 4.11. The van der Waals surface area contributed by atoms with Crippen molar-refractivity contribution in [1.82, 2.24) is 0 Å². The van der Waals surface area contributed by atoms with Gasteiger partial charge in [0, 0.05) is 11.3 Å². The third-order valence-corrected chi connectivity index (χ3v) is 3.90. The van der Waals surface area contributed by atoms with E-state index in [0.29, 0.717) is 0 Å². The zero-order chi connectivity index (χ0) is 14.1. The van der Waals surface area contributed by atoms with Crippen LogP contribution in [0.5, 0.6) is 5.75 Å². The van der Waals surface area contributed by atoms with Gasteiger partial charge in [0.25, 0.3) is 0 Å². The Balaban J connectivity index is 1.93. The second kappa shape index (κ2) is 5.16. The van der Waals surface area contributed by atoms with Crippen LogP contribution in [0.15, 0.2) is 36.4 Å². The monoisotopic (exact) mass is 271 g/mol. The van der Waals surface area contributed by atoms with Gasteiger partial charge in [0.05, 0.1) is 13.2 Å². The summed E-state index contributed by atoms with van der Waals surface area (Å²) in [5, 5.41) is 3.46. The largest absolute Gasteiger partial charge is 0.496 e. The number of ether oxygens (including phenoxy) is 1. The number of aryl methyl sites for hydroxylation is 1. The molecule has 0 aliphatic carbocycles. The van der Waals surface area contributed by atoms with Crippen molar-refractivity contribution in [3.05, 3.63) is 58.9 Å². The molecule has 2 nitrogen and oxygen atoms in total. The molecular formula is C17H18FNO. The molecule has 1 unspecified atom stereocenters. The third kappa shape index (κ3) is 2.24. The SMILES string of the molecule is CCc1ccc2c(c1)CC(c1cc(F)ccc1OC)N2. The van der Waals surface area contributed by atoms with Crippen LogP contribution < -0.4 is 10.1 Å². The number of benzene rings is 2. The molecule has 0 amide bonds. The molecular weight excluding hydrogens is 253 g/mol. The molecule has 0 fully saturated rings. The number of fused-ring (bicyclic) bond motifs is 1. The lowest BCUT2D eigenvalue weighted by molar-refractivity contribution is 0.406. The van der Waals surface area contributed by atoms with Crippen LogP contribution in [0.1, 0.15) is 29.7 Å². The molecule has 0 radical (unpaired) electrons. The Bertz CT molecular complexity index is 639. The van der Waals surface area contributed by atoms with Crippen LogP contribution in [0.4, 0.5) is 10.1 Å². The molecule has 0 aromatic heterocycles. The Morgan fingerprint density at radius 2 is 2.10 bits per heavy atom. The summed E-state index contributed by atoms with van der Waals surface area (Å²) >= 11 is 0. The summed E-state index contributed by atoms with van der Waals surface area (Å²) in [4.78, 5) is 0. The van der Waals surface area contributed by atoms with Crippen LogP contribution in [0.3, 0.4) is 0 Å². The minimum Gasteiger partial charge on any atom is -0.496 e. The van der Waals surface area contributed by atoms with Gasteiger partial charge < -0.3 is 10.1 Å². The Morgan fingerprint density at radius 3 is 2.85 bits per heavy atom. The second-order valence-corrected chi connectivity index (χ2v) is 5.13. The van der Waals surface area contributed by atoms with E-state index in [4.69, 9.17) is 4.74 Å². The van der Waals surface area contributed by atoms with Gasteiger partial charge in [-0.1, -0.05) is 19.1 Å². The summed E-state index contributed by atoms with van der Waals surface area (Å²) in [7, 11) is 1.62. The highest BCUT2D eigenvalue weighted by atomic mass is 19.1. The highest BCUT2D eigenvalue weighted by Crippen LogP contribution is 2.38. The van der Waals surface area contributed by atoms with Crippen molar-refractivity contribution >= 4 is 5.69 Å². The minimum atomic E-state index is -0.229. The van der Waals surface area contributed by atoms with Gasteiger partial charge in [0.15, 0.2) is 0 Å². The van der Waals surface area contributed by atoms with Crippen molar-refractivity contribution in [3.8, 4) is 5.75 Å². The summed E-state index contributed by atoms with van der Waals surface area (Å²) in [5.74, 6) is 0.500. The summed E-state index contributed by atoms with van der Waals surface area (Å²) in [6.45, 7) is 2.15. The lowest BCUT2D eigenvalue weighted by Crippen LogP contribution is -2.08. The molecule has 0 saturated heterocycles. The number of anilines is 1. The van der Waals surface area contributed by atoms with Gasteiger partial charge in [-0.15, -0.1) is 0 Å². The van der Waals surface area contributed by atoms with Gasteiger partial charge in [0.1, 0.15) is 11.6 Å². The third-order valence-electron chi connectivity index (χ3n) is 3.90. The number of hydrogen-bond donors (Lipinski definition) is 1. The Kier molecular flexibility index (Phi) is 3.35. The maximum absolute atomic E-state index is 13.5. The van der Waals surface area contributed by atoms with E-state index in [0.717, 1.165) is 29.8 Å². The maximum Gasteiger partial charge on any atom is 0.124 e. The van der Waals surface area contributed by atoms with Crippen LogP contribution >= 0.6 is 0 Å². The van der Waals surface area contributed by atoms with Gasteiger partial charge in [-0.2, -0.15) is 0 Å². The van der Waals surface area contributed by atoms with Gasteiger partial charge in [-0.3, -0.25) is 0 Å². The number of rotatable bonds is 3. The normalized spacial score (nSPS) is 16.6. The second-order valence-electron chi connectivity index (χ2n) is 5.13. The average molecular weight is 271 g/mol. The summed E-state index contributed by atoms with van der Waals surface area (Å²) in [6, 6.07) is 11.2. The lowest BCUT2D eigenvalue weighted by atomic mass is 10.0. The fraction of sp³-hybridized carbons (Fsp3) is 0.294. The van der Waals surface area contributed by atoms with E-state index in [1.165, 1.54) is 17.2 Å². The van der Waals surface area contributed by atoms with Crippen molar-refractivity contribution in [2.45, 2.75) is 25.8 Å². The van der Waals surface area contributed by atoms with Gasteiger partial charge in [-0.25, -0.2) is 4.39 Å². The molecule has 1 aliphatic heterocycles. The highest BCUT2D eigenvalue weighted by molar-refractivity contribution is 5.60. The summed E-state index contributed by atoms with van der Waals surface area (Å²) < 4.78 is 18.9. The number of nitrogens with one attached hydrogen (secondary N) is 1. The first-order chi connectivity index (χ1) is 9.71. The smallest absolute Gasteiger partial charge is 0.124 e. The molecule has 104 valence electrons. The Morgan fingerprint density at radius 1 is 1.25 bits per heavy atom. The van der Waals surface area contributed by atoms with Gasteiger partial charge in [-0.05, 0) is 48.2 Å². The van der Waals surface area contributed by atoms with E-state index in [9.17, 15) is 4.39 Å². The fourth-order valence-electron chi connectivity index (χ4n) is 2.80. The Hall–Kier alpha value is -2.03. The molecule has 3 heteroatoms. The van der Waals surface area contributed by atoms with Crippen LogP contribution in [0.2, 0.25) is 0 Å². The topological polar surface area (TPSA) is 21.3 Å². The van der Waals surface area contributed by atoms with Crippen LogP contribution in [-0.2, 0) is 12.8 Å². The van der Waals surface area contributed by atoms with Gasteiger partial charge >= 0.3 is 0 Å². The van der Waals surface area contributed by atoms with Crippen LogP contribution in [-0.4, -0.2) is 7.11 Å². The first-order valence-corrected chi connectivity index (χ1v) is 6.93. The summed E-state index contributed by atoms with van der Waals surface area (Å²) in [5.41, 5.74) is 4.64. The van der Waals surface area contributed by atoms with Crippen molar-refractivity contribution in [2.75, 3.05) is 12.4 Å². The molecule has 1 atom stereocenters. The highest BCUT2D eigenvalue weighted by Gasteiger charge is 2.25. The van der Waals surface area contributed by atoms with Crippen molar-refractivity contribution in [2.24, 2.45) is 0 Å². The van der Waals surface area contributed by atoms with E-state index in [-0.39, 0.29) is 11.9 Å². The first kappa shape index (κ1) is 13.0. The quantitative estimate of drug-likeness (QED) is 0.907. The van der Waals surface area contributed by atoms with E-state index >= 15 is 0 Å². The van der Waals surface area contributed by atoms with Crippen LogP contribution in [0.25, 0.3) is 0 Å². The molecule has 1 aliphatic rings. The van der Waals surface area contributed by atoms with E-state index in [1.54, 1.807) is 19.2 Å². The average Bonchev–Trinajstić information content (AvgIpc) is 2.89. The minimum absolute atomic E-state index is 0.0720. The van der Waals surface area contributed by atoms with E-state index in [1.807, 2.05) is 0 Å². The first-order valence-electron chi connectivity index (χ1n) is 6.93. The number of halogens is 1. The molecule has 0 saturated carbocycles.